The summed E-state index contributed by atoms with van der Waals surface area (Å²) in [4.78, 5) is 4.88. The van der Waals surface area contributed by atoms with Gasteiger partial charge in [0.05, 0.1) is 5.41 Å². The Labute approximate surface area is 418 Å². The van der Waals surface area contributed by atoms with Crippen LogP contribution in [-0.2, 0) is 5.41 Å². The molecule has 0 N–H and O–H groups in total. The van der Waals surface area contributed by atoms with Crippen molar-refractivity contribution in [1.29, 1.82) is 0 Å². The second kappa shape index (κ2) is 17.3. The van der Waals surface area contributed by atoms with Gasteiger partial charge >= 0.3 is 0 Å². The minimum atomic E-state index is -0.526. The van der Waals surface area contributed by atoms with E-state index in [4.69, 9.17) is 0 Å². The van der Waals surface area contributed by atoms with E-state index in [1.165, 1.54) is 153 Å². The summed E-state index contributed by atoms with van der Waals surface area (Å²) in [5.41, 5.74) is 20.2. The highest BCUT2D eigenvalue weighted by molar-refractivity contribution is 6.10. The second-order valence-corrected chi connectivity index (χ2v) is 20.8. The zero-order valence-electron chi connectivity index (χ0n) is 40.4. The largest absolute Gasteiger partial charge is 0.310 e. The van der Waals surface area contributed by atoms with Gasteiger partial charge in [0.25, 0.3) is 0 Å². The van der Waals surface area contributed by atoms with Gasteiger partial charge < -0.3 is 9.80 Å². The molecule has 4 aliphatic carbocycles. The van der Waals surface area contributed by atoms with Crippen molar-refractivity contribution in [2.24, 2.45) is 0 Å². The van der Waals surface area contributed by atoms with E-state index in [1.54, 1.807) is 0 Å². The van der Waals surface area contributed by atoms with Crippen LogP contribution in [0.5, 0.6) is 0 Å². The standard InChI is InChI=1S/C69H58N2/c1-5-17-47(18-6-1)49-29-35-55(36-30-49)70(53-21-9-3-10-22-53)57-39-43-59-51(45-57)33-41-63-64-42-34-52-46-58(71(54-23-11-4-12-24-54)56-37-31-50(32-38-56)48-19-7-2-8-20-48)40-44-60(52)68(64)69(67(59)63)65-27-15-13-25-61(65)62-26-14-16-28-66(62)69/h3-4,9-16,21-48H,1-2,5-8,17-20H2. The minimum Gasteiger partial charge on any atom is -0.310 e. The van der Waals surface area contributed by atoms with E-state index in [1.807, 2.05) is 0 Å². The van der Waals surface area contributed by atoms with E-state index >= 15 is 0 Å². The zero-order chi connectivity index (χ0) is 46.9. The van der Waals surface area contributed by atoms with Gasteiger partial charge in [-0.25, -0.2) is 0 Å². The summed E-state index contributed by atoms with van der Waals surface area (Å²) in [6.07, 6.45) is 13.3. The van der Waals surface area contributed by atoms with Gasteiger partial charge in [0.15, 0.2) is 0 Å². The van der Waals surface area contributed by atoms with Crippen LogP contribution in [0.2, 0.25) is 0 Å². The number of para-hydroxylation sites is 2. The van der Waals surface area contributed by atoms with Crippen LogP contribution in [0.3, 0.4) is 0 Å². The van der Waals surface area contributed by atoms with Gasteiger partial charge in [0.1, 0.15) is 0 Å². The van der Waals surface area contributed by atoms with E-state index in [0.717, 1.165) is 22.7 Å². The van der Waals surface area contributed by atoms with Gasteiger partial charge in [-0.15, -0.1) is 0 Å². The van der Waals surface area contributed by atoms with Gasteiger partial charge in [-0.2, -0.15) is 0 Å². The Bertz CT molecular complexity index is 3360. The topological polar surface area (TPSA) is 6.48 Å². The summed E-state index contributed by atoms with van der Waals surface area (Å²) in [5, 5.41) is 5.09. The van der Waals surface area contributed by atoms with Gasteiger partial charge in [0.2, 0.25) is 0 Å². The molecule has 0 aromatic heterocycles. The van der Waals surface area contributed by atoms with Crippen LogP contribution >= 0.6 is 0 Å². The molecule has 0 saturated heterocycles. The van der Waals surface area contributed by atoms with Crippen molar-refractivity contribution in [2.45, 2.75) is 81.5 Å². The molecule has 4 aliphatic rings. The molecular weight excluding hydrogens is 857 g/mol. The van der Waals surface area contributed by atoms with Crippen LogP contribution in [0.15, 0.2) is 218 Å². The van der Waals surface area contributed by atoms with Crippen molar-refractivity contribution in [3.8, 4) is 22.3 Å². The number of hydrogen-bond acceptors (Lipinski definition) is 2. The second-order valence-electron chi connectivity index (χ2n) is 20.8. The Morgan fingerprint density at radius 2 is 0.662 bits per heavy atom. The Hall–Kier alpha value is -7.68. The van der Waals surface area contributed by atoms with Gasteiger partial charge in [-0.1, -0.05) is 184 Å². The molecule has 71 heavy (non-hydrogen) atoms. The Kier molecular flexibility index (Phi) is 10.3. The van der Waals surface area contributed by atoms with Crippen LogP contribution < -0.4 is 9.80 Å². The lowest BCUT2D eigenvalue weighted by Crippen LogP contribution is -2.26. The first kappa shape index (κ1) is 42.2. The van der Waals surface area contributed by atoms with Crippen molar-refractivity contribution in [1.82, 2.24) is 0 Å². The van der Waals surface area contributed by atoms with Crippen molar-refractivity contribution >= 4 is 55.7 Å². The molecule has 0 radical (unpaired) electrons. The molecule has 10 aromatic rings. The van der Waals surface area contributed by atoms with Gasteiger partial charge in [-0.05, 0) is 187 Å². The summed E-state index contributed by atoms with van der Waals surface area (Å²) in [5.74, 6) is 1.34. The fourth-order valence-corrected chi connectivity index (χ4v) is 13.8. The zero-order valence-corrected chi connectivity index (χ0v) is 40.4. The molecule has 0 aliphatic heterocycles. The SMILES string of the molecule is c1ccc(N(c2ccc(C3CCCCC3)cc2)c2ccc3c4c(ccc3c2)-c2ccc3cc(N(c5ccccc5)c5ccc(C6CCCCC6)cc5)ccc3c2C42c3ccccc3-c3ccccc32)cc1. The highest BCUT2D eigenvalue weighted by Crippen LogP contribution is 2.65. The van der Waals surface area contributed by atoms with Crippen LogP contribution in [0.1, 0.15) is 109 Å². The number of nitrogens with zero attached hydrogens (tertiary/aromatic N) is 2. The number of benzene rings is 10. The summed E-state index contributed by atoms with van der Waals surface area (Å²) in [6.45, 7) is 0. The molecule has 1 spiro atoms. The fraction of sp³-hybridized carbons (Fsp3) is 0.188. The first-order valence-corrected chi connectivity index (χ1v) is 26.5. The summed E-state index contributed by atoms with van der Waals surface area (Å²) in [7, 11) is 0. The maximum Gasteiger partial charge on any atom is 0.0737 e. The third-order valence-electron chi connectivity index (χ3n) is 17.0. The van der Waals surface area contributed by atoms with Crippen LogP contribution in [0, 0.1) is 0 Å². The molecule has 0 atom stereocenters. The molecule has 2 heteroatoms. The first-order valence-electron chi connectivity index (χ1n) is 26.5. The highest BCUT2D eigenvalue weighted by Gasteiger charge is 2.53. The lowest BCUT2D eigenvalue weighted by atomic mass is 9.68. The van der Waals surface area contributed by atoms with Crippen LogP contribution in [0.25, 0.3) is 43.8 Å². The Morgan fingerprint density at radius 3 is 1.08 bits per heavy atom. The quantitative estimate of drug-likeness (QED) is 0.150. The third kappa shape index (κ3) is 6.82. The minimum absolute atomic E-state index is 0.526. The summed E-state index contributed by atoms with van der Waals surface area (Å²) in [6, 6.07) is 83.4. The molecular formula is C69H58N2. The number of anilines is 6. The molecule has 0 heterocycles. The Balaban J connectivity index is 0.938. The maximum absolute atomic E-state index is 2.44. The molecule has 0 bridgehead atoms. The van der Waals surface area contributed by atoms with Gasteiger partial charge in [-0.3, -0.25) is 0 Å². The molecule has 10 aromatic carbocycles. The molecule has 0 unspecified atom stereocenters. The first-order chi connectivity index (χ1) is 35.2. The van der Waals surface area contributed by atoms with Crippen molar-refractivity contribution < 1.29 is 0 Å². The van der Waals surface area contributed by atoms with Crippen molar-refractivity contribution in [2.75, 3.05) is 9.80 Å². The van der Waals surface area contributed by atoms with Gasteiger partial charge in [0, 0.05) is 34.1 Å². The van der Waals surface area contributed by atoms with E-state index in [0.29, 0.717) is 11.8 Å². The third-order valence-corrected chi connectivity index (χ3v) is 17.0. The number of rotatable bonds is 8. The van der Waals surface area contributed by atoms with Crippen LogP contribution in [0.4, 0.5) is 34.1 Å². The molecule has 344 valence electrons. The maximum atomic E-state index is 2.44. The number of fused-ring (bicyclic) bond motifs is 14. The number of hydrogen-bond donors (Lipinski definition) is 0. The summed E-state index contributed by atoms with van der Waals surface area (Å²) < 4.78 is 0. The predicted molar refractivity (Wildman–Crippen MR) is 299 cm³/mol. The van der Waals surface area contributed by atoms with E-state index in [9.17, 15) is 0 Å². The average molecular weight is 915 g/mol. The molecule has 0 amide bonds. The van der Waals surface area contributed by atoms with E-state index < -0.39 is 5.41 Å². The Morgan fingerprint density at radius 1 is 0.296 bits per heavy atom. The van der Waals surface area contributed by atoms with E-state index in [-0.39, 0.29) is 0 Å². The fourth-order valence-electron chi connectivity index (χ4n) is 13.8. The predicted octanol–water partition coefficient (Wildman–Crippen LogP) is 19.4. The van der Waals surface area contributed by atoms with E-state index in [2.05, 4.69) is 228 Å². The molecule has 2 fully saturated rings. The van der Waals surface area contributed by atoms with Crippen molar-refractivity contribution in [3.63, 3.8) is 0 Å². The molecule has 2 saturated carbocycles. The lowest BCUT2D eigenvalue weighted by Gasteiger charge is -2.33. The lowest BCUT2D eigenvalue weighted by molar-refractivity contribution is 0.443. The molecule has 2 nitrogen and oxygen atoms in total. The monoisotopic (exact) mass is 914 g/mol. The average Bonchev–Trinajstić information content (AvgIpc) is 3.93. The smallest absolute Gasteiger partial charge is 0.0737 e. The normalized spacial score (nSPS) is 15.9. The molecule has 14 rings (SSSR count). The van der Waals surface area contributed by atoms with Crippen LogP contribution in [-0.4, -0.2) is 0 Å². The summed E-state index contributed by atoms with van der Waals surface area (Å²) >= 11 is 0. The highest BCUT2D eigenvalue weighted by atomic mass is 15.1. The van der Waals surface area contributed by atoms with Crippen molar-refractivity contribution in [3.05, 3.63) is 252 Å².